The molecular weight excluding hydrogens is 587 g/mol. The molecule has 0 amide bonds. The number of ketones is 1. The first-order valence-corrected chi connectivity index (χ1v) is 16.6. The van der Waals surface area contributed by atoms with E-state index >= 15 is 0 Å². The molecule has 9 heteroatoms. The zero-order valence-corrected chi connectivity index (χ0v) is 25.6. The molecule has 1 aliphatic carbocycles. The third kappa shape index (κ3) is 5.65. The second-order valence-corrected chi connectivity index (χ2v) is 13.7. The molecule has 4 aromatic carbocycles. The lowest BCUT2D eigenvalue weighted by Gasteiger charge is -2.34. The summed E-state index contributed by atoms with van der Waals surface area (Å²) in [6, 6.07) is 35.8. The molecule has 1 unspecified atom stereocenters. The van der Waals surface area contributed by atoms with Crippen LogP contribution < -0.4 is 15.9 Å². The second kappa shape index (κ2) is 12.9. The van der Waals surface area contributed by atoms with Crippen LogP contribution in [-0.2, 0) is 19.1 Å². The Morgan fingerprint density at radius 3 is 2.00 bits per heavy atom. The van der Waals surface area contributed by atoms with Crippen LogP contribution >= 0.6 is 7.05 Å². The molecule has 0 radical (unpaired) electrons. The minimum atomic E-state index is -2.90. The molecule has 0 N–H and O–H groups in total. The summed E-state index contributed by atoms with van der Waals surface area (Å²) < 4.78 is 17.7. The monoisotopic (exact) mass is 618 g/mol. The standard InChI is InChI=1S/C36H31N2O6P/c1-2-43-36(40)34-32(25-14-12-15-26(24-25)38(41)42)33-30(39)22-13-23-31(33)44-35(34)37-45(27-16-6-3-7-17-27,28-18-8-4-9-19-28)29-20-10-5-11-21-29/h3-12,14-21,24,32H,2,13,22-23H2,1H3. The molecule has 0 aromatic heterocycles. The predicted molar refractivity (Wildman–Crippen MR) is 174 cm³/mol. The van der Waals surface area contributed by atoms with Crippen molar-refractivity contribution in [3.63, 3.8) is 0 Å². The summed E-state index contributed by atoms with van der Waals surface area (Å²) in [7, 11) is -2.90. The van der Waals surface area contributed by atoms with Crippen molar-refractivity contribution < 1.29 is 24.0 Å². The van der Waals surface area contributed by atoms with E-state index in [2.05, 4.69) is 0 Å². The van der Waals surface area contributed by atoms with Crippen LogP contribution in [-0.4, -0.2) is 23.3 Å². The van der Waals surface area contributed by atoms with Gasteiger partial charge in [0.2, 0.25) is 5.88 Å². The first-order valence-electron chi connectivity index (χ1n) is 14.8. The van der Waals surface area contributed by atoms with Gasteiger partial charge in [-0.25, -0.2) is 9.54 Å². The van der Waals surface area contributed by atoms with Crippen LogP contribution in [0.25, 0.3) is 0 Å². The highest BCUT2D eigenvalue weighted by Gasteiger charge is 2.43. The normalized spacial score (nSPS) is 16.5. The molecule has 1 heterocycles. The maximum absolute atomic E-state index is 14.0. The number of carbonyl (C=O) groups excluding carboxylic acids is 2. The highest BCUT2D eigenvalue weighted by atomic mass is 31.2. The smallest absolute Gasteiger partial charge is 0.340 e. The summed E-state index contributed by atoms with van der Waals surface area (Å²) in [6.07, 6.45) is 1.33. The number of ether oxygens (including phenoxy) is 2. The topological polar surface area (TPSA) is 108 Å². The molecule has 0 saturated carbocycles. The second-order valence-electron chi connectivity index (χ2n) is 10.7. The first-order chi connectivity index (χ1) is 21.9. The number of rotatable bonds is 8. The van der Waals surface area contributed by atoms with Crippen LogP contribution in [0.2, 0.25) is 0 Å². The zero-order chi connectivity index (χ0) is 31.4. The van der Waals surface area contributed by atoms with Gasteiger partial charge >= 0.3 is 5.97 Å². The van der Waals surface area contributed by atoms with Crippen LogP contribution in [0, 0.1) is 10.1 Å². The molecule has 6 rings (SSSR count). The molecule has 0 fully saturated rings. The molecule has 8 nitrogen and oxygen atoms in total. The number of Topliss-reactive ketones (excluding diaryl/α,β-unsaturated/α-hetero) is 1. The number of nitro groups is 1. The Labute approximate surface area is 261 Å². The fraction of sp³-hybridized carbons (Fsp3) is 0.167. The van der Waals surface area contributed by atoms with Crippen molar-refractivity contribution in [3.8, 4) is 0 Å². The van der Waals surface area contributed by atoms with E-state index in [9.17, 15) is 19.7 Å². The molecule has 1 aliphatic heterocycles. The fourth-order valence-corrected chi connectivity index (χ4v) is 9.50. The van der Waals surface area contributed by atoms with Crippen LogP contribution in [0.5, 0.6) is 0 Å². The third-order valence-corrected chi connectivity index (χ3v) is 11.6. The van der Waals surface area contributed by atoms with Crippen molar-refractivity contribution in [1.29, 1.82) is 0 Å². The number of nitrogens with zero attached hydrogens (tertiary/aromatic N) is 2. The maximum atomic E-state index is 14.0. The van der Waals surface area contributed by atoms with E-state index in [-0.39, 0.29) is 36.0 Å². The van der Waals surface area contributed by atoms with Crippen LogP contribution in [0.15, 0.2) is 143 Å². The number of nitro benzene ring substituents is 1. The van der Waals surface area contributed by atoms with Crippen molar-refractivity contribution in [2.45, 2.75) is 32.1 Å². The summed E-state index contributed by atoms with van der Waals surface area (Å²) in [5.41, 5.74) is 0.658. The predicted octanol–water partition coefficient (Wildman–Crippen LogP) is 6.67. The minimum absolute atomic E-state index is 0.0542. The Morgan fingerprint density at radius 2 is 1.47 bits per heavy atom. The van der Waals surface area contributed by atoms with Crippen molar-refractivity contribution in [3.05, 3.63) is 154 Å². The molecule has 0 spiro atoms. The zero-order valence-electron chi connectivity index (χ0n) is 24.7. The number of esters is 1. The van der Waals surface area contributed by atoms with Gasteiger partial charge < -0.3 is 9.47 Å². The number of non-ortho nitro benzene ring substituents is 1. The lowest BCUT2D eigenvalue weighted by Crippen LogP contribution is -2.30. The SMILES string of the molecule is CCOC(=O)C1=C(N=P(c2ccccc2)(c2ccccc2)c2ccccc2)OC2=C(C(=O)CCC2)C1c1cccc([N+](=O)[O-])c1. The lowest BCUT2D eigenvalue weighted by atomic mass is 9.77. The van der Waals surface area contributed by atoms with Crippen molar-refractivity contribution in [1.82, 2.24) is 0 Å². The molecule has 226 valence electrons. The largest absolute Gasteiger partial charge is 0.462 e. The molecular formula is C36H31N2O6P. The van der Waals surface area contributed by atoms with Crippen LogP contribution in [0.4, 0.5) is 5.69 Å². The maximum Gasteiger partial charge on any atom is 0.340 e. The number of benzene rings is 4. The van der Waals surface area contributed by atoms with Gasteiger partial charge in [-0.3, -0.25) is 14.9 Å². The van der Waals surface area contributed by atoms with Crippen LogP contribution in [0.1, 0.15) is 37.7 Å². The molecule has 4 aromatic rings. The quantitative estimate of drug-likeness (QED) is 0.0945. The average molecular weight is 619 g/mol. The van der Waals surface area contributed by atoms with E-state index in [1.54, 1.807) is 19.1 Å². The summed E-state index contributed by atoms with van der Waals surface area (Å²) in [5, 5.41) is 14.6. The highest BCUT2D eigenvalue weighted by molar-refractivity contribution is 7.87. The number of carbonyl (C=O) groups is 2. The molecule has 1 atom stereocenters. The Bertz CT molecular complexity index is 1780. The van der Waals surface area contributed by atoms with E-state index in [4.69, 9.17) is 14.2 Å². The van der Waals surface area contributed by atoms with Crippen molar-refractivity contribution in [2.24, 2.45) is 4.74 Å². The third-order valence-electron chi connectivity index (χ3n) is 7.98. The lowest BCUT2D eigenvalue weighted by molar-refractivity contribution is -0.384. The Balaban J connectivity index is 1.75. The molecule has 0 saturated heterocycles. The molecule has 0 bridgehead atoms. The highest BCUT2D eigenvalue weighted by Crippen LogP contribution is 2.52. The van der Waals surface area contributed by atoms with Gasteiger partial charge in [0.05, 0.1) is 24.5 Å². The summed E-state index contributed by atoms with van der Waals surface area (Å²) in [5.74, 6) is -1.32. The Kier molecular flexibility index (Phi) is 8.58. The van der Waals surface area contributed by atoms with Gasteiger partial charge in [-0.05, 0) is 18.9 Å². The van der Waals surface area contributed by atoms with Gasteiger partial charge in [0.1, 0.15) is 11.3 Å². The van der Waals surface area contributed by atoms with Crippen molar-refractivity contribution in [2.75, 3.05) is 6.61 Å². The van der Waals surface area contributed by atoms with E-state index in [1.807, 2.05) is 91.0 Å². The molecule has 2 aliphatic rings. The van der Waals surface area contributed by atoms with Gasteiger partial charge in [-0.15, -0.1) is 0 Å². The van der Waals surface area contributed by atoms with Gasteiger partial charge in [0.25, 0.3) is 5.69 Å². The van der Waals surface area contributed by atoms with E-state index < -0.39 is 23.9 Å². The first kappa shape index (κ1) is 30.0. The van der Waals surface area contributed by atoms with E-state index in [0.29, 0.717) is 29.7 Å². The van der Waals surface area contributed by atoms with Gasteiger partial charge in [0, 0.05) is 46.5 Å². The average Bonchev–Trinajstić information content (AvgIpc) is 3.08. The van der Waals surface area contributed by atoms with Crippen LogP contribution in [0.3, 0.4) is 0 Å². The van der Waals surface area contributed by atoms with E-state index in [0.717, 1.165) is 15.9 Å². The van der Waals surface area contributed by atoms with Gasteiger partial charge in [0.15, 0.2) is 5.78 Å². The van der Waals surface area contributed by atoms with Gasteiger partial charge in [-0.1, -0.05) is 103 Å². The number of hydrogen-bond acceptors (Lipinski definition) is 7. The summed E-state index contributed by atoms with van der Waals surface area (Å²) in [4.78, 5) is 38.9. The minimum Gasteiger partial charge on any atom is -0.462 e. The summed E-state index contributed by atoms with van der Waals surface area (Å²) >= 11 is 0. The van der Waals surface area contributed by atoms with Gasteiger partial charge in [-0.2, -0.15) is 0 Å². The van der Waals surface area contributed by atoms with Crippen molar-refractivity contribution >= 4 is 40.4 Å². The summed E-state index contributed by atoms with van der Waals surface area (Å²) in [6.45, 7) is 1.78. The van der Waals surface area contributed by atoms with E-state index in [1.165, 1.54) is 12.1 Å². The number of allylic oxidation sites excluding steroid dienone is 2. The Hall–Kier alpha value is -5.07. The molecule has 45 heavy (non-hydrogen) atoms. The number of hydrogen-bond donors (Lipinski definition) is 0. The fourth-order valence-electron chi connectivity index (χ4n) is 6.03. The Morgan fingerprint density at radius 1 is 0.889 bits per heavy atom.